The van der Waals surface area contributed by atoms with Gasteiger partial charge in [-0.25, -0.2) is 8.42 Å². The van der Waals surface area contributed by atoms with Crippen LogP contribution >= 0.6 is 11.6 Å². The summed E-state index contributed by atoms with van der Waals surface area (Å²) in [5.41, 5.74) is 1.01. The van der Waals surface area contributed by atoms with E-state index < -0.39 is 21.0 Å². The van der Waals surface area contributed by atoms with Crippen LogP contribution in [0.4, 0.5) is 5.69 Å². The van der Waals surface area contributed by atoms with Gasteiger partial charge in [0.05, 0.1) is 18.6 Å². The highest BCUT2D eigenvalue weighted by Crippen LogP contribution is 2.24. The second kappa shape index (κ2) is 7.68. The van der Waals surface area contributed by atoms with Gasteiger partial charge in [0.1, 0.15) is 11.0 Å². The van der Waals surface area contributed by atoms with Gasteiger partial charge in [-0.3, -0.25) is 4.79 Å². The van der Waals surface area contributed by atoms with Crippen LogP contribution in [0, 0.1) is 0 Å². The molecule has 2 aromatic rings. The first-order valence-electron chi connectivity index (χ1n) is 7.23. The third-order valence-corrected chi connectivity index (χ3v) is 5.83. The van der Waals surface area contributed by atoms with Crippen LogP contribution in [0.15, 0.2) is 48.5 Å². The molecule has 2 aromatic carbocycles. The maximum absolute atomic E-state index is 12.4. The summed E-state index contributed by atoms with van der Waals surface area (Å²) in [5.74, 6) is -0.369. The van der Waals surface area contributed by atoms with Crippen LogP contribution in [0.1, 0.15) is 12.5 Å². The highest BCUT2D eigenvalue weighted by Gasteiger charge is 2.28. The van der Waals surface area contributed by atoms with E-state index in [9.17, 15) is 13.2 Å². The summed E-state index contributed by atoms with van der Waals surface area (Å²) in [5, 5.41) is 1.93. The summed E-state index contributed by atoms with van der Waals surface area (Å²) in [6.07, 6.45) is 0. The van der Waals surface area contributed by atoms with E-state index in [2.05, 4.69) is 5.32 Å². The SMILES string of the molecule is COc1ccccc1NC(=O)[C@@H](C)S(=O)(=O)Cc1ccc(Cl)cc1. The van der Waals surface area contributed by atoms with E-state index in [0.29, 0.717) is 22.0 Å². The first-order chi connectivity index (χ1) is 11.3. The Balaban J connectivity index is 2.12. The molecule has 7 heteroatoms. The number of carbonyl (C=O) groups excluding carboxylic acids is 1. The number of anilines is 1. The Morgan fingerprint density at radius 3 is 2.42 bits per heavy atom. The molecule has 2 rings (SSSR count). The summed E-state index contributed by atoms with van der Waals surface area (Å²) in [7, 11) is -2.18. The standard InChI is InChI=1S/C17H18ClNO4S/c1-12(17(20)19-15-5-3-4-6-16(15)23-2)24(21,22)11-13-7-9-14(18)10-8-13/h3-10,12H,11H2,1-2H3,(H,19,20)/t12-/m1/s1. The number of rotatable bonds is 6. The number of para-hydroxylation sites is 2. The number of ether oxygens (including phenoxy) is 1. The molecule has 5 nitrogen and oxygen atoms in total. The highest BCUT2D eigenvalue weighted by atomic mass is 35.5. The van der Waals surface area contributed by atoms with Gasteiger partial charge in [0.2, 0.25) is 5.91 Å². The molecule has 0 unspecified atom stereocenters. The van der Waals surface area contributed by atoms with Gasteiger partial charge in [-0.1, -0.05) is 35.9 Å². The lowest BCUT2D eigenvalue weighted by molar-refractivity contribution is -0.115. The lowest BCUT2D eigenvalue weighted by Crippen LogP contribution is -2.33. The van der Waals surface area contributed by atoms with Gasteiger partial charge in [-0.15, -0.1) is 0 Å². The number of nitrogens with one attached hydrogen (secondary N) is 1. The minimum Gasteiger partial charge on any atom is -0.495 e. The van der Waals surface area contributed by atoms with Crippen LogP contribution in [0.25, 0.3) is 0 Å². The molecule has 0 fully saturated rings. The van der Waals surface area contributed by atoms with Crippen molar-refractivity contribution in [2.45, 2.75) is 17.9 Å². The Bertz CT molecular complexity index is 819. The molecule has 0 heterocycles. The van der Waals surface area contributed by atoms with Gasteiger partial charge in [0.15, 0.2) is 9.84 Å². The van der Waals surface area contributed by atoms with E-state index in [1.54, 1.807) is 48.5 Å². The van der Waals surface area contributed by atoms with Crippen LogP contribution in [0.2, 0.25) is 5.02 Å². The van der Waals surface area contributed by atoms with Gasteiger partial charge in [0.25, 0.3) is 0 Å². The van der Waals surface area contributed by atoms with Crippen molar-refractivity contribution in [1.29, 1.82) is 0 Å². The fourth-order valence-corrected chi connectivity index (χ4v) is 3.50. The summed E-state index contributed by atoms with van der Waals surface area (Å²) < 4.78 is 30.0. The monoisotopic (exact) mass is 367 g/mol. The van der Waals surface area contributed by atoms with Gasteiger partial charge in [-0.2, -0.15) is 0 Å². The number of amides is 1. The van der Waals surface area contributed by atoms with E-state index in [-0.39, 0.29) is 5.75 Å². The van der Waals surface area contributed by atoms with Gasteiger partial charge >= 0.3 is 0 Å². The third-order valence-electron chi connectivity index (χ3n) is 3.55. The van der Waals surface area contributed by atoms with Crippen LogP contribution in [-0.4, -0.2) is 26.7 Å². The van der Waals surface area contributed by atoms with Gasteiger partial charge in [0, 0.05) is 5.02 Å². The predicted molar refractivity (Wildman–Crippen MR) is 95.2 cm³/mol. The fraction of sp³-hybridized carbons (Fsp3) is 0.235. The molecule has 1 amide bonds. The maximum atomic E-state index is 12.4. The van der Waals surface area contributed by atoms with E-state index in [1.807, 2.05) is 0 Å². The number of hydrogen-bond donors (Lipinski definition) is 1. The first kappa shape index (κ1) is 18.3. The summed E-state index contributed by atoms with van der Waals surface area (Å²) >= 11 is 5.79. The number of sulfone groups is 1. The van der Waals surface area contributed by atoms with Gasteiger partial charge < -0.3 is 10.1 Å². The van der Waals surface area contributed by atoms with E-state index in [0.717, 1.165) is 0 Å². The van der Waals surface area contributed by atoms with Crippen molar-refractivity contribution in [2.24, 2.45) is 0 Å². The average Bonchev–Trinajstić information content (AvgIpc) is 2.56. The Hall–Kier alpha value is -2.05. The fourth-order valence-electron chi connectivity index (χ4n) is 2.08. The highest BCUT2D eigenvalue weighted by molar-refractivity contribution is 7.92. The van der Waals surface area contributed by atoms with Crippen molar-refractivity contribution in [3.05, 3.63) is 59.1 Å². The van der Waals surface area contributed by atoms with Crippen molar-refractivity contribution in [3.8, 4) is 5.75 Å². The molecule has 0 spiro atoms. The molecule has 0 aromatic heterocycles. The molecule has 1 N–H and O–H groups in total. The maximum Gasteiger partial charge on any atom is 0.242 e. The third kappa shape index (κ3) is 4.49. The smallest absolute Gasteiger partial charge is 0.242 e. The second-order valence-electron chi connectivity index (χ2n) is 5.27. The first-order valence-corrected chi connectivity index (χ1v) is 9.32. The number of benzene rings is 2. The molecule has 0 aliphatic rings. The molecule has 24 heavy (non-hydrogen) atoms. The van der Waals surface area contributed by atoms with Crippen LogP contribution in [0.3, 0.4) is 0 Å². The Morgan fingerprint density at radius 2 is 1.79 bits per heavy atom. The Morgan fingerprint density at radius 1 is 1.17 bits per heavy atom. The normalized spacial score (nSPS) is 12.5. The lowest BCUT2D eigenvalue weighted by Gasteiger charge is -2.15. The molecule has 0 bridgehead atoms. The zero-order valence-electron chi connectivity index (χ0n) is 13.3. The minimum atomic E-state index is -3.66. The molecular weight excluding hydrogens is 350 g/mol. The summed E-state index contributed by atoms with van der Waals surface area (Å²) in [6, 6.07) is 13.3. The number of hydrogen-bond acceptors (Lipinski definition) is 4. The molecule has 1 atom stereocenters. The summed E-state index contributed by atoms with van der Waals surface area (Å²) in [4.78, 5) is 12.3. The van der Waals surface area contributed by atoms with Crippen molar-refractivity contribution >= 4 is 33.0 Å². The van der Waals surface area contributed by atoms with Crippen molar-refractivity contribution < 1.29 is 17.9 Å². The number of halogens is 1. The quantitative estimate of drug-likeness (QED) is 0.850. The molecule has 0 saturated carbocycles. The zero-order valence-corrected chi connectivity index (χ0v) is 14.9. The molecule has 0 saturated heterocycles. The van der Waals surface area contributed by atoms with Crippen LogP contribution in [-0.2, 0) is 20.4 Å². The molecule has 128 valence electrons. The van der Waals surface area contributed by atoms with Crippen molar-refractivity contribution in [2.75, 3.05) is 12.4 Å². The molecular formula is C17H18ClNO4S. The van der Waals surface area contributed by atoms with E-state index >= 15 is 0 Å². The molecule has 0 aliphatic carbocycles. The van der Waals surface area contributed by atoms with Crippen molar-refractivity contribution in [1.82, 2.24) is 0 Å². The number of methoxy groups -OCH3 is 1. The van der Waals surface area contributed by atoms with Gasteiger partial charge in [-0.05, 0) is 36.8 Å². The largest absolute Gasteiger partial charge is 0.495 e. The Kier molecular flexibility index (Phi) is 5.85. The average molecular weight is 368 g/mol. The molecule has 0 radical (unpaired) electrons. The van der Waals surface area contributed by atoms with Crippen molar-refractivity contribution in [3.63, 3.8) is 0 Å². The lowest BCUT2D eigenvalue weighted by atomic mass is 10.2. The van der Waals surface area contributed by atoms with Crippen LogP contribution in [0.5, 0.6) is 5.75 Å². The number of carbonyl (C=O) groups is 1. The van der Waals surface area contributed by atoms with E-state index in [1.165, 1.54) is 14.0 Å². The minimum absolute atomic E-state index is 0.231. The zero-order chi connectivity index (χ0) is 17.7. The summed E-state index contributed by atoms with van der Waals surface area (Å²) in [6.45, 7) is 1.37. The molecule has 0 aliphatic heterocycles. The van der Waals surface area contributed by atoms with E-state index in [4.69, 9.17) is 16.3 Å². The second-order valence-corrected chi connectivity index (χ2v) is 8.02. The topological polar surface area (TPSA) is 72.5 Å². The Labute approximate surface area is 146 Å². The van der Waals surface area contributed by atoms with Crippen LogP contribution < -0.4 is 10.1 Å². The predicted octanol–water partition coefficient (Wildman–Crippen LogP) is 3.29.